The number of nitrogens with one attached hydrogen (secondary N) is 2. The van der Waals surface area contributed by atoms with Gasteiger partial charge in [-0.05, 0) is 35.4 Å². The molecule has 2 rings (SSSR count). The van der Waals surface area contributed by atoms with Crippen LogP contribution in [0.25, 0.3) is 0 Å². The Morgan fingerprint density at radius 1 is 0.700 bits per heavy atom. The lowest BCUT2D eigenvalue weighted by Gasteiger charge is -2.06. The Balaban J connectivity index is 1.90. The van der Waals surface area contributed by atoms with E-state index < -0.39 is 35.3 Å². The molecule has 0 aliphatic heterocycles. The lowest BCUT2D eigenvalue weighted by molar-refractivity contribution is -0.139. The Labute approximate surface area is 165 Å². The van der Waals surface area contributed by atoms with E-state index in [0.29, 0.717) is 0 Å². The van der Waals surface area contributed by atoms with E-state index in [2.05, 4.69) is 10.2 Å². The third-order valence-electron chi connectivity index (χ3n) is 3.39. The minimum atomic E-state index is -4.55. The van der Waals surface area contributed by atoms with Gasteiger partial charge in [0, 0.05) is 0 Å². The van der Waals surface area contributed by atoms with Crippen LogP contribution in [0.3, 0.4) is 0 Å². The number of halogens is 6. The second-order valence-corrected chi connectivity index (χ2v) is 5.64. The van der Waals surface area contributed by atoms with Crippen molar-refractivity contribution >= 4 is 24.2 Å². The van der Waals surface area contributed by atoms with E-state index in [1.165, 1.54) is 12.1 Å². The van der Waals surface area contributed by atoms with Gasteiger partial charge in [0.1, 0.15) is 0 Å². The first-order valence-electron chi connectivity index (χ1n) is 7.98. The molecule has 0 heterocycles. The molecule has 0 saturated heterocycles. The number of amides is 2. The van der Waals surface area contributed by atoms with E-state index in [9.17, 15) is 35.9 Å². The molecule has 0 bridgehead atoms. The minimum absolute atomic E-state index is 0.0214. The van der Waals surface area contributed by atoms with E-state index >= 15 is 0 Å². The van der Waals surface area contributed by atoms with Gasteiger partial charge in [-0.1, -0.05) is 24.3 Å². The first-order chi connectivity index (χ1) is 14.0. The first-order valence-corrected chi connectivity index (χ1v) is 7.98. The van der Waals surface area contributed by atoms with Crippen molar-refractivity contribution in [3.8, 4) is 0 Å². The molecule has 2 aromatic rings. The molecule has 0 fully saturated rings. The standard InChI is InChI=1S/C18H12F6N4O2/c19-17(20,21)13-5-1-3-11(7-13)9-25-27-15(29)16(30)28-26-10-12-4-2-6-14(8-12)18(22,23)24/h1-10H,(H,27,29)(H,28,30). The largest absolute Gasteiger partial charge is 0.416 e. The number of rotatable bonds is 4. The molecule has 158 valence electrons. The fourth-order valence-electron chi connectivity index (χ4n) is 2.02. The SMILES string of the molecule is O=C(NN=Cc1cccc(C(F)(F)F)c1)C(=O)NN=Cc1cccc(C(F)(F)F)c1. The zero-order valence-electron chi connectivity index (χ0n) is 14.8. The maximum absolute atomic E-state index is 12.6. The fourth-order valence-corrected chi connectivity index (χ4v) is 2.02. The molecule has 0 atom stereocenters. The molecule has 0 aromatic heterocycles. The molecule has 0 unspecified atom stereocenters. The van der Waals surface area contributed by atoms with Crippen LogP contribution < -0.4 is 10.9 Å². The second kappa shape index (κ2) is 9.20. The van der Waals surface area contributed by atoms with Crippen molar-refractivity contribution in [1.82, 2.24) is 10.9 Å². The zero-order valence-corrected chi connectivity index (χ0v) is 14.8. The predicted octanol–water partition coefficient (Wildman–Crippen LogP) is 3.32. The van der Waals surface area contributed by atoms with E-state index in [1.807, 2.05) is 0 Å². The van der Waals surface area contributed by atoms with Crippen molar-refractivity contribution in [3.05, 3.63) is 70.8 Å². The summed E-state index contributed by atoms with van der Waals surface area (Å²) in [4.78, 5) is 23.1. The lowest BCUT2D eigenvalue weighted by Crippen LogP contribution is -2.35. The average Bonchev–Trinajstić information content (AvgIpc) is 2.67. The molecular formula is C18H12F6N4O2. The van der Waals surface area contributed by atoms with Gasteiger partial charge in [0.15, 0.2) is 0 Å². The van der Waals surface area contributed by atoms with E-state index in [-0.39, 0.29) is 11.1 Å². The van der Waals surface area contributed by atoms with Crippen molar-refractivity contribution in [2.24, 2.45) is 10.2 Å². The molecule has 0 spiro atoms. The lowest BCUT2D eigenvalue weighted by atomic mass is 10.1. The zero-order chi connectivity index (χ0) is 22.4. The molecule has 0 saturated carbocycles. The number of hydrogen-bond acceptors (Lipinski definition) is 4. The fraction of sp³-hybridized carbons (Fsp3) is 0.111. The summed E-state index contributed by atoms with van der Waals surface area (Å²) in [5.74, 6) is -2.58. The van der Waals surface area contributed by atoms with Crippen LogP contribution >= 0.6 is 0 Å². The van der Waals surface area contributed by atoms with Gasteiger partial charge in [-0.2, -0.15) is 36.5 Å². The highest BCUT2D eigenvalue weighted by atomic mass is 19.4. The maximum atomic E-state index is 12.6. The number of carbonyl (C=O) groups is 2. The van der Waals surface area contributed by atoms with E-state index in [1.54, 1.807) is 10.9 Å². The van der Waals surface area contributed by atoms with Crippen LogP contribution in [0.2, 0.25) is 0 Å². The monoisotopic (exact) mass is 430 g/mol. The van der Waals surface area contributed by atoms with E-state index in [4.69, 9.17) is 0 Å². The van der Waals surface area contributed by atoms with Crippen LogP contribution in [-0.4, -0.2) is 24.2 Å². The molecule has 2 N–H and O–H groups in total. The van der Waals surface area contributed by atoms with Crippen LogP contribution in [-0.2, 0) is 21.9 Å². The molecule has 2 aromatic carbocycles. The number of hydrazone groups is 2. The maximum Gasteiger partial charge on any atom is 0.416 e. The summed E-state index contributed by atoms with van der Waals surface area (Å²) in [5.41, 5.74) is 1.77. The van der Waals surface area contributed by atoms with Gasteiger partial charge in [-0.15, -0.1) is 0 Å². The number of benzene rings is 2. The topological polar surface area (TPSA) is 82.9 Å². The number of nitrogens with zero attached hydrogens (tertiary/aromatic N) is 2. The van der Waals surface area contributed by atoms with Gasteiger partial charge in [-0.3, -0.25) is 9.59 Å². The Bertz CT molecular complexity index is 904. The molecular weight excluding hydrogens is 418 g/mol. The van der Waals surface area contributed by atoms with Crippen molar-refractivity contribution in [2.75, 3.05) is 0 Å². The number of carbonyl (C=O) groups excluding carboxylic acids is 2. The Morgan fingerprint density at radius 2 is 1.07 bits per heavy atom. The summed E-state index contributed by atoms with van der Waals surface area (Å²) in [6.45, 7) is 0. The summed E-state index contributed by atoms with van der Waals surface area (Å²) >= 11 is 0. The first kappa shape index (κ1) is 22.6. The van der Waals surface area contributed by atoms with Gasteiger partial charge in [0.25, 0.3) is 0 Å². The third-order valence-corrected chi connectivity index (χ3v) is 3.39. The third kappa shape index (κ3) is 6.72. The highest BCUT2D eigenvalue weighted by Gasteiger charge is 2.30. The van der Waals surface area contributed by atoms with E-state index in [0.717, 1.165) is 48.8 Å². The highest BCUT2D eigenvalue weighted by Crippen LogP contribution is 2.30. The molecule has 0 aliphatic rings. The predicted molar refractivity (Wildman–Crippen MR) is 94.4 cm³/mol. The van der Waals surface area contributed by atoms with Crippen LogP contribution in [0.5, 0.6) is 0 Å². The average molecular weight is 430 g/mol. The van der Waals surface area contributed by atoms with Crippen molar-refractivity contribution in [3.63, 3.8) is 0 Å². The smallest absolute Gasteiger partial charge is 0.262 e. The van der Waals surface area contributed by atoms with Gasteiger partial charge in [-0.25, -0.2) is 10.9 Å². The van der Waals surface area contributed by atoms with Crippen molar-refractivity contribution in [2.45, 2.75) is 12.4 Å². The quantitative estimate of drug-likeness (QED) is 0.338. The van der Waals surface area contributed by atoms with Gasteiger partial charge in [0.05, 0.1) is 23.6 Å². The van der Waals surface area contributed by atoms with Crippen LogP contribution in [0.1, 0.15) is 22.3 Å². The summed E-state index contributed by atoms with van der Waals surface area (Å²) in [6.07, 6.45) is -7.31. The Kier molecular flexibility index (Phi) is 6.93. The van der Waals surface area contributed by atoms with Crippen LogP contribution in [0.4, 0.5) is 26.3 Å². The molecule has 6 nitrogen and oxygen atoms in total. The van der Waals surface area contributed by atoms with Gasteiger partial charge in [0.2, 0.25) is 0 Å². The van der Waals surface area contributed by atoms with Crippen LogP contribution in [0, 0.1) is 0 Å². The number of alkyl halides is 6. The molecule has 0 radical (unpaired) electrons. The molecule has 12 heteroatoms. The number of hydrogen-bond donors (Lipinski definition) is 2. The van der Waals surface area contributed by atoms with Crippen molar-refractivity contribution in [1.29, 1.82) is 0 Å². The molecule has 30 heavy (non-hydrogen) atoms. The molecule has 0 aliphatic carbocycles. The van der Waals surface area contributed by atoms with Gasteiger partial charge < -0.3 is 0 Å². The summed E-state index contributed by atoms with van der Waals surface area (Å²) in [5, 5.41) is 6.72. The van der Waals surface area contributed by atoms with Crippen LogP contribution in [0.15, 0.2) is 58.7 Å². The second-order valence-electron chi connectivity index (χ2n) is 5.64. The van der Waals surface area contributed by atoms with Gasteiger partial charge >= 0.3 is 24.2 Å². The summed E-state index contributed by atoms with van der Waals surface area (Å²) in [6, 6.07) is 8.15. The minimum Gasteiger partial charge on any atom is -0.262 e. The summed E-state index contributed by atoms with van der Waals surface area (Å²) < 4.78 is 75.7. The van der Waals surface area contributed by atoms with Crippen molar-refractivity contribution < 1.29 is 35.9 Å². The highest BCUT2D eigenvalue weighted by molar-refractivity contribution is 6.35. The Hall–Kier alpha value is -3.70. The Morgan fingerprint density at radius 3 is 1.40 bits per heavy atom. The normalized spacial score (nSPS) is 12.3. The molecule has 2 amide bonds. The summed E-state index contributed by atoms with van der Waals surface area (Å²) in [7, 11) is 0.